The minimum absolute atomic E-state index is 0.215. The SMILES string of the molecule is Cn1cc(C(C)(C)O)c(C(F)(F)F)n1. The highest BCUT2D eigenvalue weighted by molar-refractivity contribution is 5.25. The Morgan fingerprint density at radius 1 is 1.36 bits per heavy atom. The first kappa shape index (κ1) is 11.0. The number of aromatic nitrogens is 2. The fourth-order valence-electron chi connectivity index (χ4n) is 1.15. The van der Waals surface area contributed by atoms with Crippen LogP contribution in [0.15, 0.2) is 6.20 Å². The maximum Gasteiger partial charge on any atom is 0.435 e. The van der Waals surface area contributed by atoms with Crippen LogP contribution in [0.1, 0.15) is 25.1 Å². The predicted octanol–water partition coefficient (Wildman–Crippen LogP) is 1.67. The number of hydrogen-bond acceptors (Lipinski definition) is 2. The number of nitrogens with zero attached hydrogens (tertiary/aromatic N) is 2. The summed E-state index contributed by atoms with van der Waals surface area (Å²) in [5.41, 5.74) is -2.79. The molecule has 0 aliphatic rings. The molecule has 0 spiro atoms. The Labute approximate surface area is 79.2 Å². The average Bonchev–Trinajstić information content (AvgIpc) is 2.27. The fourth-order valence-corrected chi connectivity index (χ4v) is 1.15. The van der Waals surface area contributed by atoms with Crippen LogP contribution in [0.2, 0.25) is 0 Å². The molecule has 14 heavy (non-hydrogen) atoms. The lowest BCUT2D eigenvalue weighted by atomic mass is 9.99. The van der Waals surface area contributed by atoms with E-state index in [0.717, 1.165) is 4.68 Å². The van der Waals surface area contributed by atoms with Gasteiger partial charge in [-0.15, -0.1) is 0 Å². The van der Waals surface area contributed by atoms with Crippen molar-refractivity contribution in [1.29, 1.82) is 0 Å². The largest absolute Gasteiger partial charge is 0.435 e. The molecule has 1 N–H and O–H groups in total. The molecule has 0 atom stereocenters. The van der Waals surface area contributed by atoms with E-state index in [2.05, 4.69) is 5.10 Å². The summed E-state index contributed by atoms with van der Waals surface area (Å²) in [7, 11) is 1.38. The predicted molar refractivity (Wildman–Crippen MR) is 43.5 cm³/mol. The number of hydrogen-bond donors (Lipinski definition) is 1. The second kappa shape index (κ2) is 2.98. The first-order valence-corrected chi connectivity index (χ1v) is 3.96. The van der Waals surface area contributed by atoms with Gasteiger partial charge in [0.1, 0.15) is 0 Å². The molecule has 0 unspecified atom stereocenters. The summed E-state index contributed by atoms with van der Waals surface area (Å²) in [5, 5.41) is 12.8. The van der Waals surface area contributed by atoms with E-state index in [-0.39, 0.29) is 5.56 Å². The van der Waals surface area contributed by atoms with Crippen molar-refractivity contribution in [3.63, 3.8) is 0 Å². The highest BCUT2D eigenvalue weighted by Crippen LogP contribution is 2.35. The van der Waals surface area contributed by atoms with Crippen LogP contribution in [0.5, 0.6) is 0 Å². The van der Waals surface area contributed by atoms with E-state index in [9.17, 15) is 18.3 Å². The van der Waals surface area contributed by atoms with Gasteiger partial charge in [0.05, 0.1) is 5.60 Å². The summed E-state index contributed by atoms with van der Waals surface area (Å²) in [6, 6.07) is 0. The lowest BCUT2D eigenvalue weighted by molar-refractivity contribution is -0.144. The van der Waals surface area contributed by atoms with Gasteiger partial charge in [-0.3, -0.25) is 4.68 Å². The topological polar surface area (TPSA) is 38.0 Å². The van der Waals surface area contributed by atoms with Crippen molar-refractivity contribution in [3.05, 3.63) is 17.5 Å². The zero-order chi connectivity index (χ0) is 11.1. The second-order valence-electron chi connectivity index (χ2n) is 3.62. The Balaban J connectivity index is 3.31. The van der Waals surface area contributed by atoms with Crippen molar-refractivity contribution >= 4 is 0 Å². The lowest BCUT2D eigenvalue weighted by Crippen LogP contribution is -2.20. The number of aliphatic hydroxyl groups is 1. The third kappa shape index (κ3) is 2.06. The molecular formula is C8H11F3N2O. The Kier molecular flexibility index (Phi) is 2.35. The van der Waals surface area contributed by atoms with Crippen molar-refractivity contribution < 1.29 is 18.3 Å². The van der Waals surface area contributed by atoms with Crippen LogP contribution in [-0.2, 0) is 18.8 Å². The molecule has 80 valence electrons. The molecule has 0 saturated heterocycles. The van der Waals surface area contributed by atoms with Crippen LogP contribution in [0.3, 0.4) is 0 Å². The maximum atomic E-state index is 12.4. The molecule has 1 heterocycles. The van der Waals surface area contributed by atoms with Crippen molar-refractivity contribution in [2.75, 3.05) is 0 Å². The summed E-state index contributed by atoms with van der Waals surface area (Å²) in [5.74, 6) is 0. The van der Waals surface area contributed by atoms with E-state index in [0.29, 0.717) is 0 Å². The molecule has 0 bridgehead atoms. The van der Waals surface area contributed by atoms with Gasteiger partial charge in [-0.05, 0) is 13.8 Å². The molecule has 0 saturated carbocycles. The van der Waals surface area contributed by atoms with Crippen LogP contribution in [0.25, 0.3) is 0 Å². The van der Waals surface area contributed by atoms with E-state index >= 15 is 0 Å². The van der Waals surface area contributed by atoms with Gasteiger partial charge >= 0.3 is 6.18 Å². The van der Waals surface area contributed by atoms with E-state index < -0.39 is 17.5 Å². The normalized spacial score (nSPS) is 13.4. The number of alkyl halides is 3. The van der Waals surface area contributed by atoms with E-state index in [1.165, 1.54) is 27.1 Å². The minimum atomic E-state index is -4.53. The minimum Gasteiger partial charge on any atom is -0.386 e. The molecule has 1 rings (SSSR count). The molecule has 0 fully saturated rings. The summed E-state index contributed by atoms with van der Waals surface area (Å²) >= 11 is 0. The van der Waals surface area contributed by atoms with Gasteiger partial charge in [0, 0.05) is 18.8 Å². The lowest BCUT2D eigenvalue weighted by Gasteiger charge is -2.17. The van der Waals surface area contributed by atoms with Crippen molar-refractivity contribution in [2.24, 2.45) is 7.05 Å². The number of rotatable bonds is 1. The number of halogens is 3. The van der Waals surface area contributed by atoms with Crippen LogP contribution in [0.4, 0.5) is 13.2 Å². The Morgan fingerprint density at radius 3 is 2.14 bits per heavy atom. The molecule has 0 amide bonds. The Morgan fingerprint density at radius 2 is 1.86 bits per heavy atom. The average molecular weight is 208 g/mol. The van der Waals surface area contributed by atoms with Gasteiger partial charge in [0.15, 0.2) is 5.69 Å². The molecule has 6 heteroatoms. The fraction of sp³-hybridized carbons (Fsp3) is 0.625. The van der Waals surface area contributed by atoms with Gasteiger partial charge in [-0.1, -0.05) is 0 Å². The first-order valence-electron chi connectivity index (χ1n) is 3.96. The molecule has 0 aromatic carbocycles. The van der Waals surface area contributed by atoms with Crippen LogP contribution >= 0.6 is 0 Å². The van der Waals surface area contributed by atoms with Crippen molar-refractivity contribution in [3.8, 4) is 0 Å². The zero-order valence-corrected chi connectivity index (χ0v) is 8.05. The summed E-state index contributed by atoms with van der Waals surface area (Å²) in [6.07, 6.45) is -3.36. The van der Waals surface area contributed by atoms with Crippen LogP contribution in [-0.4, -0.2) is 14.9 Å². The third-order valence-electron chi connectivity index (χ3n) is 1.76. The number of aryl methyl sites for hydroxylation is 1. The van der Waals surface area contributed by atoms with Gasteiger partial charge in [0.2, 0.25) is 0 Å². The maximum absolute atomic E-state index is 12.4. The summed E-state index contributed by atoms with van der Waals surface area (Å²) in [6.45, 7) is 2.58. The van der Waals surface area contributed by atoms with Gasteiger partial charge < -0.3 is 5.11 Å². The third-order valence-corrected chi connectivity index (χ3v) is 1.76. The standard InChI is InChI=1S/C8H11F3N2O/c1-7(2,14)5-4-13(3)12-6(5)8(9,10)11/h4,14H,1-3H3. The van der Waals surface area contributed by atoms with Crippen LogP contribution < -0.4 is 0 Å². The highest BCUT2D eigenvalue weighted by Gasteiger charge is 2.40. The highest BCUT2D eigenvalue weighted by atomic mass is 19.4. The smallest absolute Gasteiger partial charge is 0.386 e. The van der Waals surface area contributed by atoms with Gasteiger partial charge in [0.25, 0.3) is 0 Å². The Bertz CT molecular complexity index is 304. The summed E-state index contributed by atoms with van der Waals surface area (Å²) < 4.78 is 38.3. The van der Waals surface area contributed by atoms with E-state index in [4.69, 9.17) is 0 Å². The van der Waals surface area contributed by atoms with E-state index in [1.54, 1.807) is 0 Å². The molecule has 1 aromatic heterocycles. The molecule has 3 nitrogen and oxygen atoms in total. The van der Waals surface area contributed by atoms with Crippen molar-refractivity contribution in [1.82, 2.24) is 9.78 Å². The summed E-state index contributed by atoms with van der Waals surface area (Å²) in [4.78, 5) is 0. The monoisotopic (exact) mass is 208 g/mol. The zero-order valence-electron chi connectivity index (χ0n) is 8.05. The van der Waals surface area contributed by atoms with Gasteiger partial charge in [-0.2, -0.15) is 18.3 Å². The molecule has 0 radical (unpaired) electrons. The molecular weight excluding hydrogens is 197 g/mol. The molecule has 1 aromatic rings. The second-order valence-corrected chi connectivity index (χ2v) is 3.62. The first-order chi connectivity index (χ1) is 6.12. The molecule has 0 aliphatic heterocycles. The van der Waals surface area contributed by atoms with Gasteiger partial charge in [-0.25, -0.2) is 0 Å². The van der Waals surface area contributed by atoms with Crippen molar-refractivity contribution in [2.45, 2.75) is 25.6 Å². The quantitative estimate of drug-likeness (QED) is 0.762. The Hall–Kier alpha value is -1.04. The van der Waals surface area contributed by atoms with E-state index in [1.807, 2.05) is 0 Å². The molecule has 0 aliphatic carbocycles. The van der Waals surface area contributed by atoms with Crippen LogP contribution in [0, 0.1) is 0 Å².